The molecule has 3 aromatic rings. The van der Waals surface area contributed by atoms with E-state index in [-0.39, 0.29) is 11.5 Å². The lowest BCUT2D eigenvalue weighted by Crippen LogP contribution is -2.35. The number of hydrogen-bond acceptors (Lipinski definition) is 6. The van der Waals surface area contributed by atoms with Crippen LogP contribution in [0.4, 0.5) is 0 Å². The van der Waals surface area contributed by atoms with Gasteiger partial charge in [-0.25, -0.2) is 0 Å². The fourth-order valence-corrected chi connectivity index (χ4v) is 4.85. The van der Waals surface area contributed by atoms with Crippen LogP contribution >= 0.6 is 23.6 Å². The molecule has 2 aromatic heterocycles. The zero-order valence-corrected chi connectivity index (χ0v) is 16.7. The number of ether oxygens (including phenoxy) is 2. The SMILES string of the molecule is COc1cc2c(=O)[nH]c3c(C(=O)N4CCCCC4)sc(=S)n3c2cc1OC. The first kappa shape index (κ1) is 18.0. The third kappa shape index (κ3) is 2.90. The number of nitrogens with zero attached hydrogens (tertiary/aromatic N) is 2. The molecule has 1 amide bonds. The summed E-state index contributed by atoms with van der Waals surface area (Å²) in [7, 11) is 3.05. The van der Waals surface area contributed by atoms with Crippen molar-refractivity contribution in [2.75, 3.05) is 27.3 Å². The monoisotopic (exact) mass is 405 g/mol. The van der Waals surface area contributed by atoms with Crippen molar-refractivity contribution in [2.24, 2.45) is 0 Å². The summed E-state index contributed by atoms with van der Waals surface area (Å²) in [5.41, 5.74) is 0.724. The molecule has 3 heterocycles. The molecule has 0 spiro atoms. The maximum atomic E-state index is 13.0. The maximum absolute atomic E-state index is 13.0. The smallest absolute Gasteiger partial charge is 0.267 e. The Hall–Kier alpha value is -2.39. The third-order valence-corrected chi connectivity index (χ3v) is 6.23. The van der Waals surface area contributed by atoms with E-state index in [1.807, 2.05) is 4.90 Å². The standard InChI is InChI=1S/C18H19N3O4S2/c1-24-12-8-10-11(9-13(12)25-2)21-15(19-16(10)22)14(27-18(21)26)17(23)20-6-4-3-5-7-20/h8-9H,3-7H2,1-2H3,(H,19,22). The summed E-state index contributed by atoms with van der Waals surface area (Å²) < 4.78 is 12.9. The molecular formula is C18H19N3O4S2. The number of rotatable bonds is 3. The van der Waals surface area contributed by atoms with Crippen LogP contribution in [0.2, 0.25) is 0 Å². The molecule has 4 rings (SSSR count). The minimum Gasteiger partial charge on any atom is -0.493 e. The Morgan fingerprint density at radius 3 is 2.48 bits per heavy atom. The van der Waals surface area contributed by atoms with Crippen LogP contribution in [-0.4, -0.2) is 47.5 Å². The summed E-state index contributed by atoms with van der Waals surface area (Å²) in [6.45, 7) is 1.47. The van der Waals surface area contributed by atoms with Crippen LogP contribution in [0.1, 0.15) is 28.9 Å². The first-order chi connectivity index (χ1) is 13.0. The van der Waals surface area contributed by atoms with Crippen molar-refractivity contribution >= 4 is 46.0 Å². The topological polar surface area (TPSA) is 76.0 Å². The molecule has 1 aliphatic rings. The summed E-state index contributed by atoms with van der Waals surface area (Å²) in [6.07, 6.45) is 3.14. The molecule has 0 aliphatic carbocycles. The van der Waals surface area contributed by atoms with Gasteiger partial charge in [-0.1, -0.05) is 11.3 Å². The fourth-order valence-electron chi connectivity index (χ4n) is 3.50. The van der Waals surface area contributed by atoms with Crippen molar-refractivity contribution in [1.29, 1.82) is 0 Å². The Balaban J connectivity index is 1.98. The van der Waals surface area contributed by atoms with Gasteiger partial charge < -0.3 is 19.4 Å². The Kier molecular flexibility index (Phi) is 4.65. The van der Waals surface area contributed by atoms with Crippen molar-refractivity contribution in [2.45, 2.75) is 19.3 Å². The number of amides is 1. The van der Waals surface area contributed by atoms with Crippen LogP contribution in [0.3, 0.4) is 0 Å². The van der Waals surface area contributed by atoms with Gasteiger partial charge in [-0.3, -0.25) is 14.0 Å². The van der Waals surface area contributed by atoms with Crippen molar-refractivity contribution in [1.82, 2.24) is 14.3 Å². The number of benzene rings is 1. The van der Waals surface area contributed by atoms with E-state index < -0.39 is 0 Å². The number of thiazole rings is 1. The van der Waals surface area contributed by atoms with Gasteiger partial charge in [-0.05, 0) is 37.5 Å². The highest BCUT2D eigenvalue weighted by Gasteiger charge is 2.24. The number of aromatic amines is 1. The van der Waals surface area contributed by atoms with Crippen molar-refractivity contribution < 1.29 is 14.3 Å². The van der Waals surface area contributed by atoms with Gasteiger partial charge in [0.05, 0.1) is 25.1 Å². The van der Waals surface area contributed by atoms with E-state index in [9.17, 15) is 9.59 Å². The van der Waals surface area contributed by atoms with Gasteiger partial charge in [0, 0.05) is 19.2 Å². The van der Waals surface area contributed by atoms with Crippen LogP contribution in [0.25, 0.3) is 16.6 Å². The molecule has 0 atom stereocenters. The quantitative estimate of drug-likeness (QED) is 0.677. The Morgan fingerprint density at radius 1 is 1.15 bits per heavy atom. The molecule has 1 aromatic carbocycles. The van der Waals surface area contributed by atoms with Crippen LogP contribution in [-0.2, 0) is 0 Å². The molecule has 27 heavy (non-hydrogen) atoms. The van der Waals surface area contributed by atoms with Gasteiger partial charge in [0.1, 0.15) is 10.5 Å². The number of carbonyl (C=O) groups is 1. The normalized spacial score (nSPS) is 14.7. The predicted octanol–water partition coefficient (Wildman–Crippen LogP) is 3.22. The highest BCUT2D eigenvalue weighted by Crippen LogP contribution is 2.32. The molecule has 0 bridgehead atoms. The molecule has 1 aliphatic heterocycles. The first-order valence-electron chi connectivity index (χ1n) is 8.68. The van der Waals surface area contributed by atoms with Gasteiger partial charge >= 0.3 is 0 Å². The van der Waals surface area contributed by atoms with Crippen LogP contribution < -0.4 is 15.0 Å². The summed E-state index contributed by atoms with van der Waals surface area (Å²) in [5.74, 6) is 0.874. The highest BCUT2D eigenvalue weighted by atomic mass is 32.1. The number of hydrogen-bond donors (Lipinski definition) is 1. The van der Waals surface area contributed by atoms with Gasteiger partial charge in [0.15, 0.2) is 15.5 Å². The van der Waals surface area contributed by atoms with E-state index in [2.05, 4.69) is 4.98 Å². The van der Waals surface area contributed by atoms with E-state index in [1.54, 1.807) is 16.5 Å². The fraction of sp³-hybridized carbons (Fsp3) is 0.389. The van der Waals surface area contributed by atoms with Crippen molar-refractivity contribution in [3.8, 4) is 11.5 Å². The lowest BCUT2D eigenvalue weighted by atomic mass is 10.1. The Bertz CT molecular complexity index is 1160. The minimum atomic E-state index is -0.300. The van der Waals surface area contributed by atoms with Crippen molar-refractivity contribution in [3.05, 3.63) is 31.3 Å². The summed E-state index contributed by atoms with van der Waals surface area (Å²) in [4.78, 5) is 30.9. The third-order valence-electron chi connectivity index (χ3n) is 4.87. The largest absolute Gasteiger partial charge is 0.493 e. The van der Waals surface area contributed by atoms with E-state index >= 15 is 0 Å². The number of piperidine rings is 1. The van der Waals surface area contributed by atoms with Gasteiger partial charge in [-0.2, -0.15) is 0 Å². The molecule has 1 fully saturated rings. The predicted molar refractivity (Wildman–Crippen MR) is 107 cm³/mol. The molecule has 9 heteroatoms. The maximum Gasteiger partial charge on any atom is 0.267 e. The van der Waals surface area contributed by atoms with Gasteiger partial charge in [-0.15, -0.1) is 0 Å². The van der Waals surface area contributed by atoms with Crippen LogP contribution in [0.5, 0.6) is 11.5 Å². The van der Waals surface area contributed by atoms with E-state index in [0.717, 1.165) is 32.4 Å². The number of nitrogens with one attached hydrogen (secondary N) is 1. The number of aromatic nitrogens is 2. The number of fused-ring (bicyclic) bond motifs is 3. The first-order valence-corrected chi connectivity index (χ1v) is 9.90. The van der Waals surface area contributed by atoms with E-state index in [1.165, 1.54) is 25.6 Å². The second-order valence-corrected chi connectivity index (χ2v) is 8.06. The van der Waals surface area contributed by atoms with Gasteiger partial charge in [0.25, 0.3) is 11.5 Å². The average Bonchev–Trinajstić information content (AvgIpc) is 3.03. The lowest BCUT2D eigenvalue weighted by molar-refractivity contribution is 0.0730. The molecular weight excluding hydrogens is 386 g/mol. The number of carbonyl (C=O) groups excluding carboxylic acids is 1. The lowest BCUT2D eigenvalue weighted by Gasteiger charge is -2.26. The molecule has 1 saturated heterocycles. The Morgan fingerprint density at radius 2 is 1.81 bits per heavy atom. The molecule has 7 nitrogen and oxygen atoms in total. The number of methoxy groups -OCH3 is 2. The van der Waals surface area contributed by atoms with E-state index in [4.69, 9.17) is 21.7 Å². The van der Waals surface area contributed by atoms with Crippen molar-refractivity contribution in [3.63, 3.8) is 0 Å². The molecule has 1 N–H and O–H groups in total. The highest BCUT2D eigenvalue weighted by molar-refractivity contribution is 7.73. The summed E-state index contributed by atoms with van der Waals surface area (Å²) >= 11 is 6.74. The van der Waals surface area contributed by atoms with Gasteiger partial charge in [0.2, 0.25) is 0 Å². The molecule has 142 valence electrons. The zero-order chi connectivity index (χ0) is 19.1. The number of H-pyrrole nitrogens is 1. The molecule has 0 radical (unpaired) electrons. The average molecular weight is 406 g/mol. The Labute approximate surface area is 164 Å². The minimum absolute atomic E-state index is 0.0798. The molecule has 0 unspecified atom stereocenters. The van der Waals surface area contributed by atoms with E-state index in [0.29, 0.717) is 36.9 Å². The van der Waals surface area contributed by atoms with Crippen LogP contribution in [0, 0.1) is 3.95 Å². The zero-order valence-electron chi connectivity index (χ0n) is 15.0. The van der Waals surface area contributed by atoms with Crippen LogP contribution in [0.15, 0.2) is 16.9 Å². The summed E-state index contributed by atoms with van der Waals surface area (Å²) in [6, 6.07) is 3.34. The summed E-state index contributed by atoms with van der Waals surface area (Å²) in [5, 5.41) is 0.422. The second kappa shape index (κ2) is 6.97. The number of likely N-dealkylation sites (tertiary alicyclic amines) is 1. The molecule has 0 saturated carbocycles. The second-order valence-electron chi connectivity index (χ2n) is 6.41.